The molecule has 1 aliphatic carbocycles. The minimum absolute atomic E-state index is 0.105. The highest BCUT2D eigenvalue weighted by Gasteiger charge is 2.38. The summed E-state index contributed by atoms with van der Waals surface area (Å²) in [5.74, 6) is 1.40. The molecule has 3 aromatic rings. The van der Waals surface area contributed by atoms with Gasteiger partial charge in [0.05, 0.1) is 16.8 Å². The lowest BCUT2D eigenvalue weighted by Gasteiger charge is -2.30. The minimum atomic E-state index is -0.590. The predicted octanol–water partition coefficient (Wildman–Crippen LogP) is 4.33. The zero-order valence-electron chi connectivity index (χ0n) is 19.0. The first-order valence-electron chi connectivity index (χ1n) is 11.4. The molecule has 33 heavy (non-hydrogen) atoms. The molecule has 2 heterocycles. The zero-order chi connectivity index (χ0) is 23.3. The lowest BCUT2D eigenvalue weighted by Crippen LogP contribution is -2.45. The van der Waals surface area contributed by atoms with Gasteiger partial charge in [-0.3, -0.25) is 9.59 Å². The summed E-state index contributed by atoms with van der Waals surface area (Å²) in [4.78, 5) is 33.3. The summed E-state index contributed by atoms with van der Waals surface area (Å²) in [6.45, 7) is 4.04. The molecule has 1 saturated carbocycles. The maximum absolute atomic E-state index is 12.5. The fourth-order valence-corrected chi connectivity index (χ4v) is 5.15. The van der Waals surface area contributed by atoms with E-state index in [4.69, 9.17) is 9.26 Å². The van der Waals surface area contributed by atoms with Crippen LogP contribution in [-0.2, 0) is 21.5 Å². The molecule has 176 valence electrons. The van der Waals surface area contributed by atoms with Crippen LogP contribution in [0.15, 0.2) is 22.7 Å². The molecule has 10 heteroatoms. The Balaban J connectivity index is 1.38. The van der Waals surface area contributed by atoms with E-state index < -0.39 is 5.54 Å². The number of rotatable bonds is 8. The number of thiazole rings is 1. The quantitative estimate of drug-likeness (QED) is 0.469. The van der Waals surface area contributed by atoms with Gasteiger partial charge in [-0.15, -0.1) is 0 Å². The van der Waals surface area contributed by atoms with E-state index in [-0.39, 0.29) is 18.2 Å². The topological polar surface area (TPSA) is 119 Å². The Morgan fingerprint density at radius 2 is 1.97 bits per heavy atom. The van der Waals surface area contributed by atoms with E-state index >= 15 is 0 Å². The van der Waals surface area contributed by atoms with E-state index in [1.807, 2.05) is 25.1 Å². The first kappa shape index (κ1) is 23.2. The Bertz CT molecular complexity index is 1120. The highest BCUT2D eigenvalue weighted by molar-refractivity contribution is 7.22. The summed E-state index contributed by atoms with van der Waals surface area (Å²) < 4.78 is 11.9. The number of aryl methyl sites for hydroxylation is 1. The van der Waals surface area contributed by atoms with Crippen LogP contribution >= 0.6 is 11.3 Å². The van der Waals surface area contributed by atoms with Crippen LogP contribution in [0.3, 0.4) is 0 Å². The number of anilines is 1. The number of hydrogen-bond acceptors (Lipinski definition) is 8. The standard InChI is InChI=1S/C23H29N5O4S/c1-3-31-16-8-9-17-18(14-16)33-22(24-17)25-19(30)10-11-20-26-21(28-32-20)23(27-15(2)29)12-6-4-5-7-13-23/h8-9,14H,3-7,10-13H2,1-2H3,(H,27,29)(H,24,25,30). The molecule has 2 N–H and O–H groups in total. The molecule has 9 nitrogen and oxygen atoms in total. The van der Waals surface area contributed by atoms with Crippen LogP contribution in [-0.4, -0.2) is 33.5 Å². The summed E-state index contributed by atoms with van der Waals surface area (Å²) in [6, 6.07) is 5.67. The van der Waals surface area contributed by atoms with Gasteiger partial charge in [-0.2, -0.15) is 4.98 Å². The van der Waals surface area contributed by atoms with Crippen molar-refractivity contribution in [1.82, 2.24) is 20.4 Å². The molecule has 0 radical (unpaired) electrons. The van der Waals surface area contributed by atoms with Crippen LogP contribution < -0.4 is 15.4 Å². The monoisotopic (exact) mass is 471 g/mol. The molecular weight excluding hydrogens is 442 g/mol. The normalized spacial score (nSPS) is 15.7. The van der Waals surface area contributed by atoms with Gasteiger partial charge in [0.2, 0.25) is 17.7 Å². The van der Waals surface area contributed by atoms with Crippen molar-refractivity contribution in [3.63, 3.8) is 0 Å². The van der Waals surface area contributed by atoms with Gasteiger partial charge in [0.25, 0.3) is 0 Å². The van der Waals surface area contributed by atoms with Gasteiger partial charge in [0, 0.05) is 19.8 Å². The average Bonchev–Trinajstić information content (AvgIpc) is 3.34. The maximum atomic E-state index is 12.5. The van der Waals surface area contributed by atoms with Crippen molar-refractivity contribution < 1.29 is 18.8 Å². The highest BCUT2D eigenvalue weighted by atomic mass is 32.1. The van der Waals surface area contributed by atoms with E-state index in [0.717, 1.165) is 54.5 Å². The Hall–Kier alpha value is -3.01. The molecule has 2 amide bonds. The number of ether oxygens (including phenoxy) is 1. The van der Waals surface area contributed by atoms with Crippen molar-refractivity contribution in [3.05, 3.63) is 29.9 Å². The number of benzene rings is 1. The van der Waals surface area contributed by atoms with Gasteiger partial charge >= 0.3 is 0 Å². The number of amides is 2. The van der Waals surface area contributed by atoms with Gasteiger partial charge < -0.3 is 19.9 Å². The van der Waals surface area contributed by atoms with Gasteiger partial charge in [-0.1, -0.05) is 42.2 Å². The summed E-state index contributed by atoms with van der Waals surface area (Å²) in [5, 5.41) is 10.6. The molecule has 0 atom stereocenters. The molecule has 2 aromatic heterocycles. The summed E-state index contributed by atoms with van der Waals surface area (Å²) in [6.07, 6.45) is 6.34. The molecule has 0 saturated heterocycles. The van der Waals surface area contributed by atoms with Crippen molar-refractivity contribution >= 4 is 38.5 Å². The SMILES string of the molecule is CCOc1ccc2nc(NC(=O)CCc3nc(C4(NC(C)=O)CCCCCC4)no3)sc2c1. The molecule has 4 rings (SSSR count). The van der Waals surface area contributed by atoms with E-state index in [2.05, 4.69) is 25.8 Å². The van der Waals surface area contributed by atoms with Crippen LogP contribution in [0.4, 0.5) is 5.13 Å². The first-order valence-corrected chi connectivity index (χ1v) is 12.2. The second-order valence-electron chi connectivity index (χ2n) is 8.32. The van der Waals surface area contributed by atoms with Crippen molar-refractivity contribution in [1.29, 1.82) is 0 Å². The van der Waals surface area contributed by atoms with Gasteiger partial charge in [0.15, 0.2) is 11.0 Å². The van der Waals surface area contributed by atoms with Crippen LogP contribution in [0, 0.1) is 0 Å². The zero-order valence-corrected chi connectivity index (χ0v) is 19.8. The average molecular weight is 472 g/mol. The fourth-order valence-electron chi connectivity index (χ4n) is 4.24. The van der Waals surface area contributed by atoms with E-state index in [0.29, 0.717) is 29.9 Å². The third-order valence-corrected chi connectivity index (χ3v) is 6.69. The molecule has 0 bridgehead atoms. The Labute approximate surface area is 196 Å². The molecular formula is C23H29N5O4S. The van der Waals surface area contributed by atoms with Gasteiger partial charge in [-0.25, -0.2) is 4.98 Å². The number of carbonyl (C=O) groups excluding carboxylic acids is 2. The molecule has 1 aliphatic rings. The Kier molecular flexibility index (Phi) is 7.22. The largest absolute Gasteiger partial charge is 0.494 e. The second kappa shape index (κ2) is 10.3. The summed E-state index contributed by atoms with van der Waals surface area (Å²) in [5.41, 5.74) is 0.222. The number of nitrogens with one attached hydrogen (secondary N) is 2. The van der Waals surface area contributed by atoms with Crippen molar-refractivity contribution in [3.8, 4) is 5.75 Å². The molecule has 0 unspecified atom stereocenters. The Morgan fingerprint density at radius 3 is 2.70 bits per heavy atom. The van der Waals surface area contributed by atoms with E-state index in [1.165, 1.54) is 18.3 Å². The number of hydrogen-bond donors (Lipinski definition) is 2. The third kappa shape index (κ3) is 5.68. The Morgan fingerprint density at radius 1 is 1.18 bits per heavy atom. The first-order chi connectivity index (χ1) is 16.0. The van der Waals surface area contributed by atoms with Gasteiger partial charge in [-0.05, 0) is 38.0 Å². The van der Waals surface area contributed by atoms with E-state index in [9.17, 15) is 9.59 Å². The number of nitrogens with zero attached hydrogens (tertiary/aromatic N) is 3. The second-order valence-corrected chi connectivity index (χ2v) is 9.35. The molecule has 0 aliphatic heterocycles. The number of aromatic nitrogens is 3. The number of carbonyl (C=O) groups is 2. The third-order valence-electron chi connectivity index (χ3n) is 5.75. The van der Waals surface area contributed by atoms with Crippen LogP contribution in [0.25, 0.3) is 10.2 Å². The lowest BCUT2D eigenvalue weighted by atomic mass is 9.89. The molecule has 1 aromatic carbocycles. The summed E-state index contributed by atoms with van der Waals surface area (Å²) >= 11 is 1.40. The minimum Gasteiger partial charge on any atom is -0.494 e. The van der Waals surface area contributed by atoms with Crippen molar-refractivity contribution in [2.45, 2.75) is 70.8 Å². The molecule has 1 fully saturated rings. The molecule has 0 spiro atoms. The highest BCUT2D eigenvalue weighted by Crippen LogP contribution is 2.35. The lowest BCUT2D eigenvalue weighted by molar-refractivity contribution is -0.121. The van der Waals surface area contributed by atoms with Crippen LogP contribution in [0.5, 0.6) is 5.75 Å². The van der Waals surface area contributed by atoms with Gasteiger partial charge in [0.1, 0.15) is 11.3 Å². The fraction of sp³-hybridized carbons (Fsp3) is 0.522. The predicted molar refractivity (Wildman–Crippen MR) is 125 cm³/mol. The number of fused-ring (bicyclic) bond motifs is 1. The summed E-state index contributed by atoms with van der Waals surface area (Å²) in [7, 11) is 0. The van der Waals surface area contributed by atoms with Crippen LogP contribution in [0.2, 0.25) is 0 Å². The van der Waals surface area contributed by atoms with Crippen LogP contribution in [0.1, 0.15) is 70.5 Å². The smallest absolute Gasteiger partial charge is 0.227 e. The van der Waals surface area contributed by atoms with Crippen molar-refractivity contribution in [2.24, 2.45) is 0 Å². The maximum Gasteiger partial charge on any atom is 0.227 e. The van der Waals surface area contributed by atoms with E-state index in [1.54, 1.807) is 0 Å². The van der Waals surface area contributed by atoms with Crippen molar-refractivity contribution in [2.75, 3.05) is 11.9 Å².